The molecule has 1 aliphatic rings. The molecule has 0 N–H and O–H groups in total. The van der Waals surface area contributed by atoms with Gasteiger partial charge in [-0.15, -0.1) is 0 Å². The summed E-state index contributed by atoms with van der Waals surface area (Å²) in [6, 6.07) is 16.4. The van der Waals surface area contributed by atoms with Gasteiger partial charge in [0.25, 0.3) is 0 Å². The topological polar surface area (TPSA) is 76.9 Å². The van der Waals surface area contributed by atoms with Gasteiger partial charge in [0, 0.05) is 38.9 Å². The van der Waals surface area contributed by atoms with Gasteiger partial charge >= 0.3 is 6.09 Å². The Kier molecular flexibility index (Phi) is 8.62. The van der Waals surface area contributed by atoms with Gasteiger partial charge in [-0.05, 0) is 61.9 Å². The zero-order valence-corrected chi connectivity index (χ0v) is 22.3. The molecule has 0 bridgehead atoms. The Morgan fingerprint density at radius 3 is 2.22 bits per heavy atom. The Bertz CT molecular complexity index is 1110. The fraction of sp³-hybridized carbons (Fsp3) is 0.483. The fourth-order valence-corrected chi connectivity index (χ4v) is 4.42. The molecule has 0 saturated carbocycles. The van der Waals surface area contributed by atoms with Gasteiger partial charge in [0.1, 0.15) is 5.60 Å². The molecule has 0 aromatic heterocycles. The van der Waals surface area contributed by atoms with Gasteiger partial charge in [-0.1, -0.05) is 50.2 Å². The van der Waals surface area contributed by atoms with E-state index in [9.17, 15) is 14.9 Å². The SMILES string of the molecule is CC(C)CC(C(=O)N(C)C#N)c1cccc(-c2cccc(N3CCN(C(=O)OC(C)(C)C)CC3)c2)c1. The van der Waals surface area contributed by atoms with E-state index in [2.05, 4.69) is 43.0 Å². The minimum Gasteiger partial charge on any atom is -0.444 e. The fourth-order valence-electron chi connectivity index (χ4n) is 4.42. The number of hydrogen-bond donors (Lipinski definition) is 0. The molecule has 1 heterocycles. The number of anilines is 1. The van der Waals surface area contributed by atoms with Crippen LogP contribution < -0.4 is 4.90 Å². The van der Waals surface area contributed by atoms with Crippen LogP contribution in [-0.2, 0) is 9.53 Å². The first-order valence-corrected chi connectivity index (χ1v) is 12.6. The first-order chi connectivity index (χ1) is 17.0. The maximum atomic E-state index is 12.9. The van der Waals surface area contributed by atoms with Crippen LogP contribution in [0.2, 0.25) is 0 Å². The number of hydrogen-bond acceptors (Lipinski definition) is 5. The Morgan fingerprint density at radius 1 is 1.03 bits per heavy atom. The predicted molar refractivity (Wildman–Crippen MR) is 142 cm³/mol. The summed E-state index contributed by atoms with van der Waals surface area (Å²) in [6.07, 6.45) is 2.36. The van der Waals surface area contributed by atoms with Gasteiger partial charge in [-0.2, -0.15) is 5.26 Å². The number of amides is 2. The summed E-state index contributed by atoms with van der Waals surface area (Å²) in [4.78, 5) is 30.5. The standard InChI is InChI=1S/C29H38N4O3/c1-21(2)17-26(27(34)31(6)20-30)24-11-7-9-22(18-24)23-10-8-12-25(19-23)32-13-15-33(16-14-32)28(35)36-29(3,4)5/h7-12,18-19,21,26H,13-17H2,1-6H3. The quantitative estimate of drug-likeness (QED) is 0.396. The highest BCUT2D eigenvalue weighted by atomic mass is 16.6. The van der Waals surface area contributed by atoms with E-state index in [1.54, 1.807) is 4.90 Å². The van der Waals surface area contributed by atoms with Crippen LogP contribution in [0.4, 0.5) is 10.5 Å². The molecule has 3 rings (SSSR count). The molecular formula is C29H38N4O3. The van der Waals surface area contributed by atoms with Crippen molar-refractivity contribution < 1.29 is 14.3 Å². The zero-order valence-electron chi connectivity index (χ0n) is 22.3. The van der Waals surface area contributed by atoms with Crippen molar-refractivity contribution in [3.63, 3.8) is 0 Å². The molecule has 0 radical (unpaired) electrons. The maximum Gasteiger partial charge on any atom is 0.410 e. The molecular weight excluding hydrogens is 452 g/mol. The summed E-state index contributed by atoms with van der Waals surface area (Å²) >= 11 is 0. The molecule has 2 aromatic rings. The molecule has 192 valence electrons. The van der Waals surface area contributed by atoms with Gasteiger partial charge in [-0.25, -0.2) is 4.79 Å². The van der Waals surface area contributed by atoms with Crippen LogP contribution in [-0.4, -0.2) is 60.6 Å². The average Bonchev–Trinajstić information content (AvgIpc) is 2.85. The minimum atomic E-state index is -0.500. The summed E-state index contributed by atoms with van der Waals surface area (Å²) in [5.41, 5.74) is 3.61. The molecule has 2 aromatic carbocycles. The van der Waals surface area contributed by atoms with E-state index in [4.69, 9.17) is 4.74 Å². The van der Waals surface area contributed by atoms with E-state index >= 15 is 0 Å². The second-order valence-corrected chi connectivity index (χ2v) is 10.8. The van der Waals surface area contributed by atoms with Crippen molar-refractivity contribution in [3.05, 3.63) is 54.1 Å². The van der Waals surface area contributed by atoms with Crippen molar-refractivity contribution in [1.29, 1.82) is 5.26 Å². The third kappa shape index (κ3) is 7.00. The Labute approximate surface area is 215 Å². The van der Waals surface area contributed by atoms with Crippen LogP contribution in [0.15, 0.2) is 48.5 Å². The van der Waals surface area contributed by atoms with Crippen molar-refractivity contribution >= 4 is 17.7 Å². The lowest BCUT2D eigenvalue weighted by atomic mass is 9.87. The second-order valence-electron chi connectivity index (χ2n) is 10.8. The molecule has 0 spiro atoms. The van der Waals surface area contributed by atoms with Gasteiger partial charge in [0.2, 0.25) is 5.91 Å². The van der Waals surface area contributed by atoms with Crippen LogP contribution in [0.5, 0.6) is 0 Å². The summed E-state index contributed by atoms with van der Waals surface area (Å²) in [5.74, 6) is -0.226. The molecule has 1 atom stereocenters. The lowest BCUT2D eigenvalue weighted by Gasteiger charge is -2.36. The van der Waals surface area contributed by atoms with Gasteiger partial charge in [0.15, 0.2) is 6.19 Å². The van der Waals surface area contributed by atoms with Gasteiger partial charge < -0.3 is 14.5 Å². The monoisotopic (exact) mass is 490 g/mol. The van der Waals surface area contributed by atoms with Crippen LogP contribution in [0, 0.1) is 17.4 Å². The number of ether oxygens (including phenoxy) is 1. The number of likely N-dealkylation sites (N-methyl/N-ethyl adjacent to an activating group) is 1. The van der Waals surface area contributed by atoms with E-state index in [0.717, 1.165) is 40.4 Å². The van der Waals surface area contributed by atoms with Gasteiger partial charge in [0.05, 0.1) is 5.92 Å². The average molecular weight is 491 g/mol. The Morgan fingerprint density at radius 2 is 1.64 bits per heavy atom. The Hall–Kier alpha value is -3.53. The summed E-state index contributed by atoms with van der Waals surface area (Å²) in [5, 5.41) is 9.24. The number of carbonyl (C=O) groups excluding carboxylic acids is 2. The van der Waals surface area contributed by atoms with Crippen LogP contribution in [0.1, 0.15) is 52.5 Å². The van der Waals surface area contributed by atoms with Crippen molar-refractivity contribution in [3.8, 4) is 17.3 Å². The molecule has 1 saturated heterocycles. The normalized spacial score (nSPS) is 14.8. The second kappa shape index (κ2) is 11.5. The highest BCUT2D eigenvalue weighted by Crippen LogP contribution is 2.31. The largest absolute Gasteiger partial charge is 0.444 e. The van der Waals surface area contributed by atoms with Crippen LogP contribution in [0.3, 0.4) is 0 Å². The first-order valence-electron chi connectivity index (χ1n) is 12.6. The van der Waals surface area contributed by atoms with E-state index in [1.807, 2.05) is 51.2 Å². The molecule has 1 aliphatic heterocycles. The Balaban J connectivity index is 1.78. The number of piperazine rings is 1. The maximum absolute atomic E-state index is 12.9. The first kappa shape index (κ1) is 27.1. The van der Waals surface area contributed by atoms with E-state index in [0.29, 0.717) is 25.4 Å². The highest BCUT2D eigenvalue weighted by Gasteiger charge is 2.27. The summed E-state index contributed by atoms with van der Waals surface area (Å²) in [6.45, 7) is 12.5. The third-order valence-corrected chi connectivity index (χ3v) is 6.25. The zero-order chi connectivity index (χ0) is 26.5. The smallest absolute Gasteiger partial charge is 0.410 e. The van der Waals surface area contributed by atoms with Crippen molar-refractivity contribution in [2.45, 2.75) is 52.6 Å². The number of nitriles is 1. The molecule has 0 aliphatic carbocycles. The minimum absolute atomic E-state index is 0.181. The molecule has 36 heavy (non-hydrogen) atoms. The van der Waals surface area contributed by atoms with Crippen molar-refractivity contribution in [1.82, 2.24) is 9.80 Å². The lowest BCUT2D eigenvalue weighted by Crippen LogP contribution is -2.50. The molecule has 7 nitrogen and oxygen atoms in total. The third-order valence-electron chi connectivity index (χ3n) is 6.25. The molecule has 1 fully saturated rings. The van der Waals surface area contributed by atoms with Gasteiger partial charge in [-0.3, -0.25) is 9.69 Å². The number of nitrogens with zero attached hydrogens (tertiary/aromatic N) is 4. The van der Waals surface area contributed by atoms with Crippen molar-refractivity contribution in [2.75, 3.05) is 38.1 Å². The number of rotatable bonds is 6. The van der Waals surface area contributed by atoms with Crippen LogP contribution >= 0.6 is 0 Å². The molecule has 2 amide bonds. The van der Waals surface area contributed by atoms with Crippen LogP contribution in [0.25, 0.3) is 11.1 Å². The lowest BCUT2D eigenvalue weighted by molar-refractivity contribution is -0.129. The van der Waals surface area contributed by atoms with Crippen molar-refractivity contribution in [2.24, 2.45) is 5.92 Å². The highest BCUT2D eigenvalue weighted by molar-refractivity contribution is 5.85. The number of carbonyl (C=O) groups is 2. The molecule has 7 heteroatoms. The van der Waals surface area contributed by atoms with E-state index in [1.165, 1.54) is 7.05 Å². The number of benzene rings is 2. The summed E-state index contributed by atoms with van der Waals surface area (Å²) < 4.78 is 5.51. The van der Waals surface area contributed by atoms with E-state index < -0.39 is 5.60 Å². The summed E-state index contributed by atoms with van der Waals surface area (Å²) in [7, 11) is 1.52. The predicted octanol–water partition coefficient (Wildman–Crippen LogP) is 5.48. The molecule has 1 unspecified atom stereocenters. The van der Waals surface area contributed by atoms with E-state index in [-0.39, 0.29) is 17.9 Å².